The molecule has 0 nitrogen and oxygen atoms in total. The van der Waals surface area contributed by atoms with Gasteiger partial charge in [-0.25, -0.2) is 0 Å². The molecular formula is C16H16Cl2Zr. The van der Waals surface area contributed by atoms with E-state index in [1.165, 1.54) is 11.1 Å². The van der Waals surface area contributed by atoms with Crippen molar-refractivity contribution in [2.75, 3.05) is 0 Å². The molecule has 0 saturated heterocycles. The average molecular weight is 370 g/mol. The molecule has 1 aromatic carbocycles. The fourth-order valence-corrected chi connectivity index (χ4v) is 6.14. The molecule has 0 aliphatic heterocycles. The molecule has 19 heavy (non-hydrogen) atoms. The SMILES string of the molecule is Cc1cccc2c1C=[C]([Zr+2][CH]1C=CC=C1)C2C.[Cl-].[Cl-]. The van der Waals surface area contributed by atoms with Gasteiger partial charge in [-0.1, -0.05) is 0 Å². The van der Waals surface area contributed by atoms with Crippen molar-refractivity contribution in [1.82, 2.24) is 0 Å². The summed E-state index contributed by atoms with van der Waals surface area (Å²) in [4.78, 5) is 0. The molecule has 0 fully saturated rings. The van der Waals surface area contributed by atoms with Gasteiger partial charge in [0.2, 0.25) is 0 Å². The molecule has 0 bridgehead atoms. The average Bonchev–Trinajstić information content (AvgIpc) is 2.92. The predicted molar refractivity (Wildman–Crippen MR) is 69.6 cm³/mol. The minimum atomic E-state index is -0.477. The Bertz CT molecular complexity index is 532. The fraction of sp³-hybridized carbons (Fsp3) is 0.250. The molecular weight excluding hydrogens is 354 g/mol. The second kappa shape index (κ2) is 7.07. The van der Waals surface area contributed by atoms with Crippen LogP contribution in [-0.2, 0) is 23.2 Å². The molecule has 2 aliphatic rings. The van der Waals surface area contributed by atoms with Gasteiger partial charge in [-0.05, 0) is 0 Å². The number of fused-ring (bicyclic) bond motifs is 1. The largest absolute Gasteiger partial charge is 1.00 e. The number of hydrogen-bond donors (Lipinski definition) is 0. The van der Waals surface area contributed by atoms with E-state index in [1.807, 2.05) is 0 Å². The Morgan fingerprint density at radius 2 is 1.74 bits per heavy atom. The monoisotopic (exact) mass is 368 g/mol. The van der Waals surface area contributed by atoms with Gasteiger partial charge in [-0.15, -0.1) is 0 Å². The van der Waals surface area contributed by atoms with E-state index in [0.29, 0.717) is 5.92 Å². The number of rotatable bonds is 2. The van der Waals surface area contributed by atoms with Gasteiger partial charge in [0, 0.05) is 0 Å². The standard InChI is InChI=1S/C11H11.C5H5.2ClH.Zr/c1-8-4-3-5-10-9(2)6-7-11(8)10;1-2-4-5-3-1;;;/h3-5,7,9H,1-2H3;1-5H;2*1H;/q;;;;+2/p-2. The van der Waals surface area contributed by atoms with E-state index < -0.39 is 23.2 Å². The normalized spacial score (nSPS) is 19.3. The van der Waals surface area contributed by atoms with Crippen LogP contribution < -0.4 is 24.8 Å². The first-order valence-electron chi connectivity index (χ1n) is 6.18. The van der Waals surface area contributed by atoms with Crippen LogP contribution in [-0.4, -0.2) is 0 Å². The van der Waals surface area contributed by atoms with Crippen LogP contribution in [0.15, 0.2) is 45.8 Å². The number of allylic oxidation sites excluding steroid dienone is 5. The van der Waals surface area contributed by atoms with Gasteiger partial charge in [-0.2, -0.15) is 0 Å². The summed E-state index contributed by atoms with van der Waals surface area (Å²) in [5, 5.41) is 0. The molecule has 0 saturated carbocycles. The molecule has 0 amide bonds. The summed E-state index contributed by atoms with van der Waals surface area (Å²) in [5.74, 6) is 0.666. The zero-order valence-electron chi connectivity index (χ0n) is 11.0. The summed E-state index contributed by atoms with van der Waals surface area (Å²) in [6.07, 6.45) is 11.6. The van der Waals surface area contributed by atoms with Crippen molar-refractivity contribution in [3.8, 4) is 0 Å². The summed E-state index contributed by atoms with van der Waals surface area (Å²) in [6.45, 7) is 4.60. The summed E-state index contributed by atoms with van der Waals surface area (Å²) in [7, 11) is 0. The fourth-order valence-electron chi connectivity index (χ4n) is 2.61. The zero-order valence-corrected chi connectivity index (χ0v) is 15.0. The van der Waals surface area contributed by atoms with Gasteiger partial charge < -0.3 is 24.8 Å². The van der Waals surface area contributed by atoms with Gasteiger partial charge in [-0.3, -0.25) is 0 Å². The van der Waals surface area contributed by atoms with Crippen LogP contribution in [0.3, 0.4) is 0 Å². The molecule has 3 heteroatoms. The molecule has 0 spiro atoms. The van der Waals surface area contributed by atoms with E-state index in [4.69, 9.17) is 0 Å². The maximum absolute atomic E-state index is 2.49. The van der Waals surface area contributed by atoms with Crippen molar-refractivity contribution in [2.24, 2.45) is 0 Å². The molecule has 1 unspecified atom stereocenters. The number of hydrogen-bond acceptors (Lipinski definition) is 0. The quantitative estimate of drug-likeness (QED) is 0.592. The van der Waals surface area contributed by atoms with E-state index in [-0.39, 0.29) is 24.8 Å². The van der Waals surface area contributed by atoms with Gasteiger partial charge in [0.1, 0.15) is 0 Å². The summed E-state index contributed by atoms with van der Waals surface area (Å²) in [6, 6.07) is 6.73. The minimum absolute atomic E-state index is 0. The van der Waals surface area contributed by atoms with Gasteiger partial charge in [0.05, 0.1) is 0 Å². The Morgan fingerprint density at radius 1 is 1.05 bits per heavy atom. The first-order chi connectivity index (χ1) is 8.25. The molecule has 2 aliphatic carbocycles. The third-order valence-corrected chi connectivity index (χ3v) is 7.68. The van der Waals surface area contributed by atoms with Gasteiger partial charge in [0.25, 0.3) is 0 Å². The van der Waals surface area contributed by atoms with Crippen LogP contribution in [0.5, 0.6) is 0 Å². The molecule has 0 N–H and O–H groups in total. The van der Waals surface area contributed by atoms with E-state index in [1.54, 1.807) is 8.84 Å². The number of aryl methyl sites for hydroxylation is 1. The van der Waals surface area contributed by atoms with Crippen molar-refractivity contribution >= 4 is 6.08 Å². The van der Waals surface area contributed by atoms with Crippen LogP contribution in [0.1, 0.15) is 29.5 Å². The second-order valence-electron chi connectivity index (χ2n) is 4.84. The van der Waals surface area contributed by atoms with Crippen LogP contribution in [0.2, 0.25) is 3.63 Å². The molecule has 3 rings (SSSR count). The van der Waals surface area contributed by atoms with E-state index in [0.717, 1.165) is 3.63 Å². The van der Waals surface area contributed by atoms with E-state index in [9.17, 15) is 0 Å². The summed E-state index contributed by atoms with van der Waals surface area (Å²) < 4.78 is 2.53. The first kappa shape index (κ1) is 17.0. The van der Waals surface area contributed by atoms with Crippen LogP contribution in [0, 0.1) is 6.92 Å². The third kappa shape index (κ3) is 3.32. The first-order valence-corrected chi connectivity index (χ1v) is 8.83. The molecule has 0 aromatic heterocycles. The zero-order chi connectivity index (χ0) is 11.8. The van der Waals surface area contributed by atoms with Crippen molar-refractivity contribution in [3.63, 3.8) is 0 Å². The van der Waals surface area contributed by atoms with Gasteiger partial charge >= 0.3 is 115 Å². The summed E-state index contributed by atoms with van der Waals surface area (Å²) >= 11 is -0.477. The maximum Gasteiger partial charge on any atom is -1.00 e. The molecule has 0 heterocycles. The van der Waals surface area contributed by atoms with Crippen LogP contribution >= 0.6 is 0 Å². The number of halogens is 2. The van der Waals surface area contributed by atoms with Crippen molar-refractivity contribution in [1.29, 1.82) is 0 Å². The van der Waals surface area contributed by atoms with Crippen molar-refractivity contribution in [2.45, 2.75) is 23.4 Å². The molecule has 0 radical (unpaired) electrons. The minimum Gasteiger partial charge on any atom is -1.00 e. The Kier molecular flexibility index (Phi) is 6.31. The van der Waals surface area contributed by atoms with Gasteiger partial charge in [0.15, 0.2) is 0 Å². The van der Waals surface area contributed by atoms with Crippen LogP contribution in [0.25, 0.3) is 6.08 Å². The Balaban J connectivity index is 0.000000902. The predicted octanol–water partition coefficient (Wildman–Crippen LogP) is -1.54. The van der Waals surface area contributed by atoms with Crippen molar-refractivity contribution in [3.05, 3.63) is 62.5 Å². The Morgan fingerprint density at radius 3 is 2.37 bits per heavy atom. The second-order valence-corrected chi connectivity index (χ2v) is 8.61. The van der Waals surface area contributed by atoms with E-state index in [2.05, 4.69) is 62.4 Å². The molecule has 1 atom stereocenters. The molecule has 1 aromatic rings. The number of benzene rings is 1. The Labute approximate surface area is 139 Å². The Hall–Kier alpha value is -0.0969. The third-order valence-electron chi connectivity index (χ3n) is 3.67. The van der Waals surface area contributed by atoms with E-state index >= 15 is 0 Å². The topological polar surface area (TPSA) is 0 Å². The van der Waals surface area contributed by atoms with Crippen molar-refractivity contribution < 1.29 is 48.0 Å². The summed E-state index contributed by atoms with van der Waals surface area (Å²) in [5.41, 5.74) is 4.48. The smallest absolute Gasteiger partial charge is 1.00 e. The van der Waals surface area contributed by atoms with Crippen LogP contribution in [0.4, 0.5) is 0 Å². The maximum atomic E-state index is 2.49. The molecule has 98 valence electrons.